The van der Waals surface area contributed by atoms with Gasteiger partial charge in [0.05, 0.1) is 16.7 Å². The third-order valence-corrected chi connectivity index (χ3v) is 5.88. The van der Waals surface area contributed by atoms with Crippen LogP contribution in [0, 0.1) is 27.7 Å². The highest BCUT2D eigenvalue weighted by molar-refractivity contribution is 6.13. The van der Waals surface area contributed by atoms with E-state index in [2.05, 4.69) is 51.7 Å². The molecule has 1 aliphatic heterocycles. The maximum Gasteiger partial charge on any atom is 0.243 e. The number of fused-ring (bicyclic) bond motifs is 1. The van der Waals surface area contributed by atoms with E-state index in [1.54, 1.807) is 0 Å². The molecule has 2 aromatic rings. The quantitative estimate of drug-likeness (QED) is 0.668. The van der Waals surface area contributed by atoms with Gasteiger partial charge in [-0.25, -0.2) is 9.97 Å². The molecule has 5 nitrogen and oxygen atoms in total. The van der Waals surface area contributed by atoms with E-state index >= 15 is 0 Å². The van der Waals surface area contributed by atoms with Gasteiger partial charge in [-0.1, -0.05) is 31.0 Å². The Bertz CT molecular complexity index is 925. The summed E-state index contributed by atoms with van der Waals surface area (Å²) in [6.45, 7) is 18.3. The molecule has 0 saturated heterocycles. The summed E-state index contributed by atoms with van der Waals surface area (Å²) in [5.74, 6) is 2.42. The maximum atomic E-state index is 13.7. The molecule has 0 spiro atoms. The van der Waals surface area contributed by atoms with Crippen molar-refractivity contribution in [1.29, 1.82) is 0 Å². The first kappa shape index (κ1) is 21.3. The van der Waals surface area contributed by atoms with Crippen molar-refractivity contribution in [1.82, 2.24) is 9.97 Å². The van der Waals surface area contributed by atoms with Crippen LogP contribution < -0.4 is 9.80 Å². The third-order valence-electron chi connectivity index (χ3n) is 5.88. The molecule has 0 fully saturated rings. The number of rotatable bonds is 6. The van der Waals surface area contributed by atoms with Gasteiger partial charge in [-0.05, 0) is 66.0 Å². The highest BCUT2D eigenvalue weighted by atomic mass is 16.2. The van der Waals surface area contributed by atoms with Crippen LogP contribution in [-0.2, 0) is 10.2 Å². The minimum atomic E-state index is -0.679. The van der Waals surface area contributed by atoms with Crippen LogP contribution in [0.3, 0.4) is 0 Å². The number of nitrogens with zero attached hydrogens (tertiary/aromatic N) is 4. The normalized spacial score (nSPS) is 15.0. The standard InChI is InChI=1S/C24H34N4O/c1-9-11-12-27(10-2)21-19-22(26-18(6)25-21)28(23(29)24(19,7)8)20-16(4)13-15(3)14-17(20)5/h13-14H,9-12H2,1-8H3. The molecule has 156 valence electrons. The number of carbonyl (C=O) groups is 1. The third kappa shape index (κ3) is 3.52. The summed E-state index contributed by atoms with van der Waals surface area (Å²) >= 11 is 0. The van der Waals surface area contributed by atoms with Crippen LogP contribution in [0.15, 0.2) is 12.1 Å². The first-order chi connectivity index (χ1) is 13.6. The first-order valence-corrected chi connectivity index (χ1v) is 10.7. The summed E-state index contributed by atoms with van der Waals surface area (Å²) in [7, 11) is 0. The van der Waals surface area contributed by atoms with Crippen LogP contribution in [0.4, 0.5) is 17.3 Å². The molecule has 2 heterocycles. The highest BCUT2D eigenvalue weighted by Crippen LogP contribution is 2.49. The van der Waals surface area contributed by atoms with Crippen molar-refractivity contribution in [2.75, 3.05) is 22.9 Å². The van der Waals surface area contributed by atoms with Gasteiger partial charge in [0.2, 0.25) is 5.91 Å². The SMILES string of the molecule is CCCCN(CC)c1nc(C)nc2c1C(C)(C)C(=O)N2c1c(C)cc(C)cc1C. The van der Waals surface area contributed by atoms with Gasteiger partial charge in [-0.15, -0.1) is 0 Å². The van der Waals surface area contributed by atoms with Crippen molar-refractivity contribution >= 4 is 23.2 Å². The number of amides is 1. The Balaban J connectivity index is 2.27. The Labute approximate surface area is 175 Å². The van der Waals surface area contributed by atoms with Gasteiger partial charge in [0.1, 0.15) is 17.5 Å². The molecule has 1 aromatic heterocycles. The number of hydrogen-bond acceptors (Lipinski definition) is 4. The lowest BCUT2D eigenvalue weighted by atomic mass is 9.86. The molecular weight excluding hydrogens is 360 g/mol. The molecule has 0 atom stereocenters. The Kier molecular flexibility index (Phi) is 5.70. The van der Waals surface area contributed by atoms with Crippen LogP contribution in [0.1, 0.15) is 68.6 Å². The predicted octanol–water partition coefficient (Wildman–Crippen LogP) is 5.29. The predicted molar refractivity (Wildman–Crippen MR) is 120 cm³/mol. The van der Waals surface area contributed by atoms with Crippen LogP contribution in [0.5, 0.6) is 0 Å². The van der Waals surface area contributed by atoms with Crippen molar-refractivity contribution in [2.45, 2.75) is 73.6 Å². The van der Waals surface area contributed by atoms with E-state index in [1.165, 1.54) is 5.56 Å². The van der Waals surface area contributed by atoms with Gasteiger partial charge in [0.25, 0.3) is 0 Å². The molecule has 0 saturated carbocycles. The van der Waals surface area contributed by atoms with Gasteiger partial charge in [-0.3, -0.25) is 9.69 Å². The lowest BCUT2D eigenvalue weighted by Crippen LogP contribution is -2.35. The summed E-state index contributed by atoms with van der Waals surface area (Å²) in [6, 6.07) is 4.27. The van der Waals surface area contributed by atoms with Crippen LogP contribution >= 0.6 is 0 Å². The molecule has 0 bridgehead atoms. The number of aryl methyl sites for hydroxylation is 4. The summed E-state index contributed by atoms with van der Waals surface area (Å²) in [5.41, 5.74) is 4.61. The fourth-order valence-corrected chi connectivity index (χ4v) is 4.47. The van der Waals surface area contributed by atoms with Gasteiger partial charge in [-0.2, -0.15) is 0 Å². The van der Waals surface area contributed by atoms with Gasteiger partial charge < -0.3 is 4.90 Å². The van der Waals surface area contributed by atoms with E-state index in [0.717, 1.165) is 59.9 Å². The van der Waals surface area contributed by atoms with Gasteiger partial charge in [0.15, 0.2) is 0 Å². The van der Waals surface area contributed by atoms with E-state index in [-0.39, 0.29) is 5.91 Å². The van der Waals surface area contributed by atoms with Crippen LogP contribution in [0.25, 0.3) is 0 Å². The minimum absolute atomic E-state index is 0.0650. The summed E-state index contributed by atoms with van der Waals surface area (Å²) in [6.07, 6.45) is 2.22. The molecule has 1 aliphatic rings. The van der Waals surface area contributed by atoms with Crippen LogP contribution in [0.2, 0.25) is 0 Å². The zero-order chi connectivity index (χ0) is 21.5. The summed E-state index contributed by atoms with van der Waals surface area (Å²) < 4.78 is 0. The lowest BCUT2D eigenvalue weighted by Gasteiger charge is -2.27. The zero-order valence-electron chi connectivity index (χ0n) is 19.2. The molecule has 5 heteroatoms. The highest BCUT2D eigenvalue weighted by Gasteiger charge is 2.49. The summed E-state index contributed by atoms with van der Waals surface area (Å²) in [4.78, 5) is 27.4. The zero-order valence-corrected chi connectivity index (χ0v) is 19.2. The molecule has 0 unspecified atom stereocenters. The molecule has 0 aliphatic carbocycles. The number of anilines is 3. The van der Waals surface area contributed by atoms with Gasteiger partial charge in [0, 0.05) is 13.1 Å². The number of carbonyl (C=O) groups excluding carboxylic acids is 1. The molecule has 0 radical (unpaired) electrons. The average Bonchev–Trinajstić information content (AvgIpc) is 2.82. The second-order valence-electron chi connectivity index (χ2n) is 8.74. The van der Waals surface area contributed by atoms with E-state index in [9.17, 15) is 4.79 Å². The van der Waals surface area contributed by atoms with E-state index < -0.39 is 5.41 Å². The number of benzene rings is 1. The lowest BCUT2D eigenvalue weighted by molar-refractivity contribution is -0.121. The molecular formula is C24H34N4O. The summed E-state index contributed by atoms with van der Waals surface area (Å²) in [5, 5.41) is 0. The first-order valence-electron chi connectivity index (χ1n) is 10.7. The second-order valence-corrected chi connectivity index (χ2v) is 8.74. The number of hydrogen-bond donors (Lipinski definition) is 0. The largest absolute Gasteiger partial charge is 0.356 e. The smallest absolute Gasteiger partial charge is 0.243 e. The maximum absolute atomic E-state index is 13.7. The van der Waals surface area contributed by atoms with Crippen LogP contribution in [-0.4, -0.2) is 29.0 Å². The molecule has 1 amide bonds. The fraction of sp³-hybridized carbons (Fsp3) is 0.542. The van der Waals surface area contributed by atoms with Crippen molar-refractivity contribution in [3.63, 3.8) is 0 Å². The Morgan fingerprint density at radius 1 is 1.03 bits per heavy atom. The number of aromatic nitrogens is 2. The monoisotopic (exact) mass is 394 g/mol. The molecule has 0 N–H and O–H groups in total. The van der Waals surface area contributed by atoms with Crippen molar-refractivity contribution in [3.05, 3.63) is 40.2 Å². The fourth-order valence-electron chi connectivity index (χ4n) is 4.47. The van der Waals surface area contributed by atoms with Gasteiger partial charge >= 0.3 is 0 Å². The average molecular weight is 395 g/mol. The minimum Gasteiger partial charge on any atom is -0.356 e. The second kappa shape index (κ2) is 7.77. The van der Waals surface area contributed by atoms with E-state index in [4.69, 9.17) is 9.97 Å². The van der Waals surface area contributed by atoms with Crippen molar-refractivity contribution in [2.24, 2.45) is 0 Å². The molecule has 29 heavy (non-hydrogen) atoms. The Morgan fingerprint density at radius 2 is 1.66 bits per heavy atom. The molecule has 3 rings (SSSR count). The Hall–Kier alpha value is -2.43. The van der Waals surface area contributed by atoms with Crippen molar-refractivity contribution < 1.29 is 4.79 Å². The van der Waals surface area contributed by atoms with E-state index in [0.29, 0.717) is 5.82 Å². The van der Waals surface area contributed by atoms with E-state index in [1.807, 2.05) is 25.7 Å². The molecule has 1 aromatic carbocycles. The Morgan fingerprint density at radius 3 is 2.21 bits per heavy atom. The number of unbranched alkanes of at least 4 members (excludes halogenated alkanes) is 1. The topological polar surface area (TPSA) is 49.3 Å². The van der Waals surface area contributed by atoms with Crippen molar-refractivity contribution in [3.8, 4) is 0 Å².